The number of unbranched alkanes of at least 4 members (excludes halogenated alkanes) is 8. The van der Waals surface area contributed by atoms with Crippen molar-refractivity contribution in [3.05, 3.63) is 16.6 Å². The van der Waals surface area contributed by atoms with E-state index in [2.05, 4.69) is 29.3 Å². The van der Waals surface area contributed by atoms with Crippen molar-refractivity contribution in [2.75, 3.05) is 0 Å². The fourth-order valence-corrected chi connectivity index (χ4v) is 8.63. The van der Waals surface area contributed by atoms with Gasteiger partial charge in [-0.05, 0) is 0 Å². The van der Waals surface area contributed by atoms with Gasteiger partial charge in [-0.2, -0.15) is 0 Å². The Morgan fingerprint density at radius 1 is 1.00 bits per heavy atom. The summed E-state index contributed by atoms with van der Waals surface area (Å²) in [6.45, 7) is 2.29. The number of hydrogen-bond donors (Lipinski definition) is 0. The van der Waals surface area contributed by atoms with Gasteiger partial charge in [0.25, 0.3) is 0 Å². The van der Waals surface area contributed by atoms with Crippen LogP contribution in [0.2, 0.25) is 0 Å². The molecule has 0 aliphatic rings. The molecular weight excluding hydrogens is 434 g/mol. The Morgan fingerprint density at radius 2 is 1.65 bits per heavy atom. The monoisotopic (exact) mass is 462 g/mol. The summed E-state index contributed by atoms with van der Waals surface area (Å²) >= 11 is 4.02. The molecule has 2 aromatic rings. The zero-order chi connectivity index (χ0) is 14.2. The van der Waals surface area contributed by atoms with E-state index in [1.54, 1.807) is 17.4 Å². The average Bonchev–Trinajstić information content (AvgIpc) is 2.97. The summed E-state index contributed by atoms with van der Waals surface area (Å²) in [4.78, 5) is 2.54. The van der Waals surface area contributed by atoms with Crippen LogP contribution in [0.25, 0.3) is 8.96 Å². The van der Waals surface area contributed by atoms with Gasteiger partial charge in [-0.3, -0.25) is 0 Å². The SMILES string of the molecule is CCCCCCCCCCCc1c[se]c2c[c]([SnH])sc12. The number of rotatable bonds is 10. The van der Waals surface area contributed by atoms with E-state index in [9.17, 15) is 0 Å². The van der Waals surface area contributed by atoms with Gasteiger partial charge < -0.3 is 0 Å². The third-order valence-electron chi connectivity index (χ3n) is 3.89. The van der Waals surface area contributed by atoms with Crippen molar-refractivity contribution in [3.8, 4) is 0 Å². The third kappa shape index (κ3) is 5.51. The van der Waals surface area contributed by atoms with E-state index in [1.165, 1.54) is 86.7 Å². The maximum absolute atomic E-state index is 2.54. The Kier molecular flexibility index (Phi) is 8.31. The molecule has 20 heavy (non-hydrogen) atoms. The Balaban J connectivity index is 1.57. The molecule has 0 spiro atoms. The van der Waals surface area contributed by atoms with Crippen molar-refractivity contribution in [1.29, 1.82) is 0 Å². The molecule has 0 saturated heterocycles. The summed E-state index contributed by atoms with van der Waals surface area (Å²) in [6, 6.07) is 2.46. The van der Waals surface area contributed by atoms with Crippen molar-refractivity contribution in [1.82, 2.24) is 0 Å². The van der Waals surface area contributed by atoms with E-state index >= 15 is 0 Å². The predicted molar refractivity (Wildman–Crippen MR) is 96.5 cm³/mol. The summed E-state index contributed by atoms with van der Waals surface area (Å²) in [6.07, 6.45) is 14.3. The number of fused-ring (bicyclic) bond motifs is 1. The Labute approximate surface area is 147 Å². The first kappa shape index (κ1) is 17.1. The van der Waals surface area contributed by atoms with Crippen molar-refractivity contribution in [2.45, 2.75) is 71.1 Å². The molecule has 0 bridgehead atoms. The van der Waals surface area contributed by atoms with E-state index in [0.717, 1.165) is 0 Å². The molecule has 0 aromatic carbocycles. The Hall–Kier alpha value is 0.758. The van der Waals surface area contributed by atoms with Crippen molar-refractivity contribution >= 4 is 60.2 Å². The second-order valence-electron chi connectivity index (χ2n) is 5.68. The quantitative estimate of drug-likeness (QED) is 0.361. The standard InChI is InChI=1S/C17H25SSe.Sn.H/c1-2-3-4-5-6-7-8-9-10-11-15-14-19-16-12-13-18-17(15)16;;/h12,14H,2-11H2,1H3;;. The van der Waals surface area contributed by atoms with Crippen LogP contribution >= 0.6 is 11.3 Å². The van der Waals surface area contributed by atoms with Gasteiger partial charge >= 0.3 is 141 Å². The number of thiophene rings is 1. The fraction of sp³-hybridized carbons (Fsp3) is 0.647. The molecule has 3 heteroatoms. The van der Waals surface area contributed by atoms with Gasteiger partial charge in [0.15, 0.2) is 0 Å². The zero-order valence-electron chi connectivity index (χ0n) is 12.6. The van der Waals surface area contributed by atoms with Crippen molar-refractivity contribution in [2.24, 2.45) is 0 Å². The van der Waals surface area contributed by atoms with Crippen LogP contribution < -0.4 is 2.89 Å². The van der Waals surface area contributed by atoms with E-state index in [4.69, 9.17) is 0 Å². The third-order valence-corrected chi connectivity index (χ3v) is 8.76. The first-order valence-corrected chi connectivity index (χ1v) is 12.4. The van der Waals surface area contributed by atoms with Gasteiger partial charge in [-0.1, -0.05) is 6.92 Å². The maximum atomic E-state index is 2.54. The van der Waals surface area contributed by atoms with Gasteiger partial charge in [0.2, 0.25) is 0 Å². The minimum atomic E-state index is 0.654. The second-order valence-corrected chi connectivity index (χ2v) is 11.6. The molecule has 0 fully saturated rings. The summed E-state index contributed by atoms with van der Waals surface area (Å²) in [7, 11) is 0. The molecule has 0 aliphatic heterocycles. The van der Waals surface area contributed by atoms with Gasteiger partial charge in [-0.25, -0.2) is 0 Å². The molecule has 2 heterocycles. The first-order valence-electron chi connectivity index (χ1n) is 8.06. The van der Waals surface area contributed by atoms with Crippen molar-refractivity contribution < 1.29 is 0 Å². The molecule has 0 N–H and O–H groups in total. The average molecular weight is 460 g/mol. The second kappa shape index (κ2) is 9.71. The summed E-state index contributed by atoms with van der Waals surface area (Å²) in [5.41, 5.74) is 1.69. The van der Waals surface area contributed by atoms with E-state index in [1.807, 2.05) is 0 Å². The van der Waals surface area contributed by atoms with Crippen LogP contribution in [-0.4, -0.2) is 37.0 Å². The molecule has 0 saturated carbocycles. The molecule has 0 atom stereocenters. The van der Waals surface area contributed by atoms with Crippen LogP contribution in [0.1, 0.15) is 70.3 Å². The first-order chi connectivity index (χ1) is 9.81. The van der Waals surface area contributed by atoms with Crippen molar-refractivity contribution in [3.63, 3.8) is 0 Å². The van der Waals surface area contributed by atoms with Gasteiger partial charge in [0.05, 0.1) is 0 Å². The molecule has 110 valence electrons. The molecule has 0 amide bonds. The topological polar surface area (TPSA) is 0 Å². The summed E-state index contributed by atoms with van der Waals surface area (Å²) in [5, 5.41) is 0. The molecule has 2 rings (SSSR count). The molecule has 0 aliphatic carbocycles. The minimum absolute atomic E-state index is 0.654. The van der Waals surface area contributed by atoms with Crippen LogP contribution in [0, 0.1) is 0 Å². The molecule has 2 aromatic heterocycles. The zero-order valence-corrected chi connectivity index (χ0v) is 18.4. The Bertz CT molecular complexity index is 500. The number of hydrogen-bond acceptors (Lipinski definition) is 1. The van der Waals surface area contributed by atoms with Crippen LogP contribution in [-0.2, 0) is 6.42 Å². The van der Waals surface area contributed by atoms with Gasteiger partial charge in [-0.15, -0.1) is 0 Å². The summed E-state index contributed by atoms with van der Waals surface area (Å²) in [5.74, 6) is 0. The molecule has 0 unspecified atom stereocenters. The van der Waals surface area contributed by atoms with E-state index < -0.39 is 0 Å². The normalized spacial score (nSPS) is 11.5. The van der Waals surface area contributed by atoms with Gasteiger partial charge in [0, 0.05) is 0 Å². The van der Waals surface area contributed by atoms with Crippen LogP contribution in [0.3, 0.4) is 0 Å². The fourth-order valence-electron chi connectivity index (χ4n) is 2.69. The predicted octanol–water partition coefficient (Wildman–Crippen LogP) is 4.56. The molecule has 2 radical (unpaired) electrons. The van der Waals surface area contributed by atoms with E-state index in [-0.39, 0.29) is 0 Å². The van der Waals surface area contributed by atoms with E-state index in [0.29, 0.717) is 14.5 Å². The number of aryl methyl sites for hydroxylation is 1. The van der Waals surface area contributed by atoms with Crippen LogP contribution in [0.15, 0.2) is 11.0 Å². The summed E-state index contributed by atoms with van der Waals surface area (Å²) < 4.78 is 4.96. The molecular formula is C17H26SSeSn. The Morgan fingerprint density at radius 3 is 2.35 bits per heavy atom. The molecule has 0 nitrogen and oxygen atoms in total. The van der Waals surface area contributed by atoms with Crippen LogP contribution in [0.5, 0.6) is 0 Å². The van der Waals surface area contributed by atoms with Gasteiger partial charge in [0.1, 0.15) is 0 Å². The van der Waals surface area contributed by atoms with Crippen LogP contribution in [0.4, 0.5) is 0 Å².